The topological polar surface area (TPSA) is 111 Å². The van der Waals surface area contributed by atoms with E-state index in [0.717, 1.165) is 18.4 Å². The lowest BCUT2D eigenvalue weighted by Gasteiger charge is -2.23. The summed E-state index contributed by atoms with van der Waals surface area (Å²) >= 11 is 8.90. The Morgan fingerprint density at radius 2 is 1.87 bits per heavy atom. The maximum atomic E-state index is 13.7. The summed E-state index contributed by atoms with van der Waals surface area (Å²) in [4.78, 5) is 28.6. The number of Topliss-reactive ketones (excluding diaryl/α,β-unsaturated/α-hetero) is 1. The number of ether oxygens (including phenoxy) is 3. The van der Waals surface area contributed by atoms with Crippen molar-refractivity contribution in [1.82, 2.24) is 10.2 Å². The van der Waals surface area contributed by atoms with Crippen molar-refractivity contribution in [3.8, 4) is 17.2 Å². The summed E-state index contributed by atoms with van der Waals surface area (Å²) in [5, 5.41) is 21.0. The molecule has 0 unspecified atom stereocenters. The molecule has 238 valence electrons. The standard InChI is InChI=1S/C34H32ClN3O6S2/c1-4-6-18-43-24-14-11-21(12-15-24)30(39)28-29(22-13-16-26(44-17-5-2)27(19-22)42-3)38(32(41)31(28)40)33-36-37-34(46-33)45-20-23-9-7-8-10-25(23)35/h5,7-16,19,29,39H,2,4,6,17-18,20H2,1,3H3/t29-/m1/s1. The Bertz CT molecular complexity index is 1760. The van der Waals surface area contributed by atoms with Gasteiger partial charge >= 0.3 is 5.91 Å². The summed E-state index contributed by atoms with van der Waals surface area (Å²) in [5.41, 5.74) is 1.70. The number of halogens is 1. The number of nitrogens with zero attached hydrogens (tertiary/aromatic N) is 3. The van der Waals surface area contributed by atoms with Crippen molar-refractivity contribution in [2.75, 3.05) is 25.2 Å². The Morgan fingerprint density at radius 3 is 2.59 bits per heavy atom. The zero-order chi connectivity index (χ0) is 32.6. The Kier molecular flexibility index (Phi) is 11.0. The molecule has 1 aliphatic rings. The molecule has 0 spiro atoms. The summed E-state index contributed by atoms with van der Waals surface area (Å²) < 4.78 is 17.6. The van der Waals surface area contributed by atoms with E-state index < -0.39 is 17.7 Å². The molecule has 1 aromatic heterocycles. The van der Waals surface area contributed by atoms with Crippen molar-refractivity contribution in [2.45, 2.75) is 35.9 Å². The van der Waals surface area contributed by atoms with Crippen LogP contribution >= 0.6 is 34.7 Å². The molecule has 1 N–H and O–H groups in total. The number of unbranched alkanes of at least 4 members (excludes halogenated alkanes) is 1. The van der Waals surface area contributed by atoms with Gasteiger partial charge in [0.05, 0.1) is 25.3 Å². The van der Waals surface area contributed by atoms with Gasteiger partial charge in [0.15, 0.2) is 15.8 Å². The van der Waals surface area contributed by atoms with Crippen molar-refractivity contribution in [3.05, 3.63) is 107 Å². The maximum Gasteiger partial charge on any atom is 0.301 e. The predicted molar refractivity (Wildman–Crippen MR) is 181 cm³/mol. The Hall–Kier alpha value is -4.32. The van der Waals surface area contributed by atoms with Crippen LogP contribution in [0, 0.1) is 0 Å². The first-order valence-electron chi connectivity index (χ1n) is 14.5. The lowest BCUT2D eigenvalue weighted by molar-refractivity contribution is -0.132. The molecule has 1 saturated heterocycles. The third kappa shape index (κ3) is 7.22. The van der Waals surface area contributed by atoms with Gasteiger partial charge in [-0.15, -0.1) is 10.2 Å². The molecule has 12 heteroatoms. The fourth-order valence-electron chi connectivity index (χ4n) is 4.78. The second kappa shape index (κ2) is 15.3. The number of amides is 1. The highest BCUT2D eigenvalue weighted by Crippen LogP contribution is 2.46. The molecule has 0 aliphatic carbocycles. The van der Waals surface area contributed by atoms with Gasteiger partial charge in [0.25, 0.3) is 5.78 Å². The molecule has 5 rings (SSSR count). The van der Waals surface area contributed by atoms with Crippen LogP contribution < -0.4 is 19.1 Å². The molecule has 2 heterocycles. The van der Waals surface area contributed by atoms with Crippen LogP contribution in [0.1, 0.15) is 42.5 Å². The second-order valence-corrected chi connectivity index (χ2v) is 12.7. The number of aliphatic hydroxyl groups excluding tert-OH is 1. The summed E-state index contributed by atoms with van der Waals surface area (Å²) in [6.07, 6.45) is 3.53. The number of thioether (sulfide) groups is 1. The number of benzene rings is 3. The number of ketones is 1. The van der Waals surface area contributed by atoms with E-state index in [2.05, 4.69) is 23.7 Å². The average Bonchev–Trinajstić information content (AvgIpc) is 3.65. The fraction of sp³-hybridized carbons (Fsp3) is 0.235. The van der Waals surface area contributed by atoms with Gasteiger partial charge in [0.1, 0.15) is 18.1 Å². The van der Waals surface area contributed by atoms with Crippen molar-refractivity contribution in [2.24, 2.45) is 0 Å². The van der Waals surface area contributed by atoms with E-state index in [-0.39, 0.29) is 23.1 Å². The normalized spacial score (nSPS) is 15.6. The highest BCUT2D eigenvalue weighted by molar-refractivity contribution is 8.00. The molecule has 1 amide bonds. The van der Waals surface area contributed by atoms with Crippen molar-refractivity contribution >= 4 is 57.3 Å². The van der Waals surface area contributed by atoms with Gasteiger partial charge in [-0.25, -0.2) is 0 Å². The molecule has 3 aromatic carbocycles. The van der Waals surface area contributed by atoms with Gasteiger partial charge in [-0.3, -0.25) is 14.5 Å². The number of hydrogen-bond acceptors (Lipinski definition) is 10. The summed E-state index contributed by atoms with van der Waals surface area (Å²) in [6, 6.07) is 18.3. The van der Waals surface area contributed by atoms with Crippen LogP contribution in [0.5, 0.6) is 17.2 Å². The number of aromatic nitrogens is 2. The molecule has 0 radical (unpaired) electrons. The number of hydrogen-bond donors (Lipinski definition) is 1. The molecular formula is C34H32ClN3O6S2. The first-order chi connectivity index (χ1) is 22.4. The van der Waals surface area contributed by atoms with Crippen LogP contribution in [-0.2, 0) is 15.3 Å². The molecule has 1 fully saturated rings. The maximum absolute atomic E-state index is 13.7. The van der Waals surface area contributed by atoms with Gasteiger partial charge in [-0.05, 0) is 60.0 Å². The molecule has 0 bridgehead atoms. The van der Waals surface area contributed by atoms with Gasteiger partial charge in [-0.2, -0.15) is 0 Å². The van der Waals surface area contributed by atoms with Crippen LogP contribution in [0.25, 0.3) is 5.76 Å². The molecule has 4 aromatic rings. The minimum atomic E-state index is -1.03. The second-order valence-electron chi connectivity index (χ2n) is 10.1. The number of anilines is 1. The SMILES string of the molecule is C=CCOc1ccc([C@@H]2C(=C(O)c3ccc(OCCCC)cc3)C(=O)C(=O)N2c2nnc(SCc3ccccc3Cl)s2)cc1OC. The zero-order valence-corrected chi connectivity index (χ0v) is 27.7. The largest absolute Gasteiger partial charge is 0.507 e. The Balaban J connectivity index is 1.54. The molecular weight excluding hydrogens is 646 g/mol. The van der Waals surface area contributed by atoms with E-state index in [0.29, 0.717) is 50.1 Å². The lowest BCUT2D eigenvalue weighted by atomic mass is 9.95. The molecule has 9 nitrogen and oxygen atoms in total. The molecule has 46 heavy (non-hydrogen) atoms. The highest BCUT2D eigenvalue weighted by Gasteiger charge is 2.48. The highest BCUT2D eigenvalue weighted by atomic mass is 35.5. The Labute approximate surface area is 280 Å². The monoisotopic (exact) mass is 677 g/mol. The van der Waals surface area contributed by atoms with Crippen molar-refractivity contribution < 1.29 is 28.9 Å². The van der Waals surface area contributed by atoms with Crippen LogP contribution in [-0.4, -0.2) is 47.3 Å². The van der Waals surface area contributed by atoms with E-state index in [9.17, 15) is 14.7 Å². The third-order valence-electron chi connectivity index (χ3n) is 7.11. The average molecular weight is 678 g/mol. The predicted octanol–water partition coefficient (Wildman–Crippen LogP) is 7.86. The summed E-state index contributed by atoms with van der Waals surface area (Å²) in [7, 11) is 1.49. The van der Waals surface area contributed by atoms with Crippen molar-refractivity contribution in [1.29, 1.82) is 0 Å². The summed E-state index contributed by atoms with van der Waals surface area (Å²) in [5.74, 6) is 0.000864. The lowest BCUT2D eigenvalue weighted by Crippen LogP contribution is -2.29. The smallest absolute Gasteiger partial charge is 0.301 e. The molecule has 0 saturated carbocycles. The number of carbonyl (C=O) groups excluding carboxylic acids is 2. The van der Waals surface area contributed by atoms with E-state index in [4.69, 9.17) is 25.8 Å². The minimum Gasteiger partial charge on any atom is -0.507 e. The molecule has 1 aliphatic heterocycles. The van der Waals surface area contributed by atoms with Crippen LogP contribution in [0.2, 0.25) is 5.02 Å². The van der Waals surface area contributed by atoms with E-state index >= 15 is 0 Å². The number of rotatable bonds is 14. The van der Waals surface area contributed by atoms with Gasteiger partial charge in [0.2, 0.25) is 5.13 Å². The zero-order valence-electron chi connectivity index (χ0n) is 25.3. The van der Waals surface area contributed by atoms with Crippen LogP contribution in [0.15, 0.2) is 89.3 Å². The minimum absolute atomic E-state index is 0.0908. The first kappa shape index (κ1) is 33.1. The number of aliphatic hydroxyl groups is 1. The van der Waals surface area contributed by atoms with E-state index in [1.165, 1.54) is 35.1 Å². The fourth-order valence-corrected chi connectivity index (χ4v) is 6.93. The third-order valence-corrected chi connectivity index (χ3v) is 9.58. The Morgan fingerprint density at radius 1 is 1.09 bits per heavy atom. The van der Waals surface area contributed by atoms with Crippen LogP contribution in [0.3, 0.4) is 0 Å². The van der Waals surface area contributed by atoms with Crippen LogP contribution in [0.4, 0.5) is 5.13 Å². The van der Waals surface area contributed by atoms with E-state index in [1.54, 1.807) is 48.5 Å². The quantitative estimate of drug-likeness (QED) is 0.0271. The van der Waals surface area contributed by atoms with Gasteiger partial charge in [-0.1, -0.05) is 85.0 Å². The molecule has 1 atom stereocenters. The van der Waals surface area contributed by atoms with Gasteiger partial charge < -0.3 is 19.3 Å². The van der Waals surface area contributed by atoms with Crippen molar-refractivity contribution in [3.63, 3.8) is 0 Å². The number of methoxy groups -OCH3 is 1. The summed E-state index contributed by atoms with van der Waals surface area (Å²) in [6.45, 7) is 6.59. The number of carbonyl (C=O) groups is 2. The van der Waals surface area contributed by atoms with Gasteiger partial charge in [0, 0.05) is 16.3 Å². The van der Waals surface area contributed by atoms with E-state index in [1.807, 2.05) is 24.3 Å². The first-order valence-corrected chi connectivity index (χ1v) is 16.7.